The molecule has 0 amide bonds. The van der Waals surface area contributed by atoms with Crippen molar-refractivity contribution in [3.63, 3.8) is 0 Å². The molecule has 0 radical (unpaired) electrons. The van der Waals surface area contributed by atoms with Crippen LogP contribution >= 0.6 is 23.1 Å². The number of benzene rings is 3. The Morgan fingerprint density at radius 2 is 1.89 bits per heavy atom. The summed E-state index contributed by atoms with van der Waals surface area (Å²) < 4.78 is 8.11. The van der Waals surface area contributed by atoms with Gasteiger partial charge in [0.05, 0.1) is 23.4 Å². The van der Waals surface area contributed by atoms with Crippen molar-refractivity contribution >= 4 is 34.9 Å². The highest BCUT2D eigenvalue weighted by molar-refractivity contribution is 7.98. The van der Waals surface area contributed by atoms with Crippen molar-refractivity contribution in [3.05, 3.63) is 120 Å². The summed E-state index contributed by atoms with van der Waals surface area (Å²) >= 11 is 3.17. The van der Waals surface area contributed by atoms with Crippen molar-refractivity contribution in [2.75, 3.05) is 13.4 Å². The number of fused-ring (bicyclic) bond motifs is 3. The van der Waals surface area contributed by atoms with Crippen LogP contribution in [0.5, 0.6) is 5.75 Å². The molecule has 1 aliphatic carbocycles. The smallest absolute Gasteiger partial charge is 0.271 e. The van der Waals surface area contributed by atoms with E-state index in [1.165, 1.54) is 32.9 Å². The highest BCUT2D eigenvalue weighted by atomic mass is 32.2. The molecule has 1 aromatic heterocycles. The van der Waals surface area contributed by atoms with E-state index in [0.717, 1.165) is 40.2 Å². The summed E-state index contributed by atoms with van der Waals surface area (Å²) in [5, 5.41) is 0. The third-order valence-electron chi connectivity index (χ3n) is 6.70. The Morgan fingerprint density at radius 1 is 1.06 bits per heavy atom. The fraction of sp³-hybridized carbons (Fsp3) is 0.172. The Kier molecular flexibility index (Phi) is 5.71. The number of hydrogen-bond acceptors (Lipinski definition) is 5. The number of hydrogen-bond donors (Lipinski definition) is 0. The summed E-state index contributed by atoms with van der Waals surface area (Å²) in [5.41, 5.74) is 6.75. The molecule has 0 saturated carbocycles. The predicted octanol–water partition coefficient (Wildman–Crippen LogP) is 5.05. The van der Waals surface area contributed by atoms with Crippen LogP contribution < -0.4 is 19.6 Å². The first-order valence-electron chi connectivity index (χ1n) is 11.6. The summed E-state index contributed by atoms with van der Waals surface area (Å²) in [5.74, 6) is 0.786. The molecular formula is C29H24N2O2S2. The largest absolute Gasteiger partial charge is 0.497 e. The second kappa shape index (κ2) is 9.02. The zero-order chi connectivity index (χ0) is 23.9. The van der Waals surface area contributed by atoms with E-state index in [-0.39, 0.29) is 11.6 Å². The molecule has 4 nitrogen and oxygen atoms in total. The lowest BCUT2D eigenvalue weighted by Crippen LogP contribution is -2.38. The minimum Gasteiger partial charge on any atom is -0.497 e. The van der Waals surface area contributed by atoms with E-state index in [1.54, 1.807) is 18.9 Å². The normalized spacial score (nSPS) is 16.9. The molecule has 0 saturated heterocycles. The highest BCUT2D eigenvalue weighted by Crippen LogP contribution is 2.41. The van der Waals surface area contributed by atoms with Crippen LogP contribution in [0.3, 0.4) is 0 Å². The molecule has 6 rings (SSSR count). The lowest BCUT2D eigenvalue weighted by atomic mass is 9.83. The second-order valence-corrected chi connectivity index (χ2v) is 10.6. The van der Waals surface area contributed by atoms with Gasteiger partial charge in [-0.3, -0.25) is 9.36 Å². The third kappa shape index (κ3) is 3.87. The zero-order valence-electron chi connectivity index (χ0n) is 19.5. The summed E-state index contributed by atoms with van der Waals surface area (Å²) in [4.78, 5) is 20.9. The molecule has 3 aromatic carbocycles. The van der Waals surface area contributed by atoms with Crippen LogP contribution in [0, 0.1) is 0 Å². The van der Waals surface area contributed by atoms with Gasteiger partial charge in [-0.1, -0.05) is 59.9 Å². The summed E-state index contributed by atoms with van der Waals surface area (Å²) in [6.45, 7) is 0. The minimum atomic E-state index is -0.203. The van der Waals surface area contributed by atoms with Gasteiger partial charge in [-0.2, -0.15) is 0 Å². The standard InChI is InChI=1S/C29H24N2O2S2/c1-33-21-8-5-7-20(17-21)27-24-15-12-19-6-3-4-9-23(19)26(24)30-29-31(27)28(32)25(35-29)16-18-10-13-22(34-2)14-11-18/h3-11,13-14,16-17,27H,12,15H2,1-2H3/b25-16+/t27-/m0/s1. The lowest BCUT2D eigenvalue weighted by Gasteiger charge is -2.31. The van der Waals surface area contributed by atoms with Crippen LogP contribution in [0.15, 0.2) is 93.1 Å². The highest BCUT2D eigenvalue weighted by Gasteiger charge is 2.32. The fourth-order valence-electron chi connectivity index (χ4n) is 4.99. The number of aromatic nitrogens is 1. The van der Waals surface area contributed by atoms with Gasteiger partial charge in [0.15, 0.2) is 4.80 Å². The maximum absolute atomic E-state index is 13.8. The molecular weight excluding hydrogens is 472 g/mol. The minimum absolute atomic E-state index is 0.000853. The van der Waals surface area contributed by atoms with Crippen LogP contribution in [0.2, 0.25) is 0 Å². The molecule has 6 heteroatoms. The topological polar surface area (TPSA) is 43.6 Å². The van der Waals surface area contributed by atoms with Gasteiger partial charge >= 0.3 is 0 Å². The van der Waals surface area contributed by atoms with Crippen LogP contribution in [0.1, 0.15) is 34.7 Å². The van der Waals surface area contributed by atoms with E-state index >= 15 is 0 Å². The summed E-state index contributed by atoms with van der Waals surface area (Å²) in [7, 11) is 1.68. The van der Waals surface area contributed by atoms with Crippen LogP contribution in [0.4, 0.5) is 0 Å². The van der Waals surface area contributed by atoms with Gasteiger partial charge in [-0.05, 0) is 71.7 Å². The summed E-state index contributed by atoms with van der Waals surface area (Å²) in [6.07, 6.45) is 5.85. The van der Waals surface area contributed by atoms with E-state index < -0.39 is 0 Å². The first-order chi connectivity index (χ1) is 17.2. The molecule has 0 unspecified atom stereocenters. The van der Waals surface area contributed by atoms with Gasteiger partial charge < -0.3 is 4.74 Å². The van der Waals surface area contributed by atoms with Crippen molar-refractivity contribution < 1.29 is 4.74 Å². The van der Waals surface area contributed by atoms with Crippen molar-refractivity contribution in [2.24, 2.45) is 4.99 Å². The number of ether oxygens (including phenoxy) is 1. The number of aryl methyl sites for hydroxylation is 1. The number of allylic oxidation sites excluding steroid dienone is 1. The molecule has 35 heavy (non-hydrogen) atoms. The molecule has 2 heterocycles. The molecule has 2 aliphatic rings. The van der Waals surface area contributed by atoms with E-state index in [2.05, 4.69) is 60.9 Å². The van der Waals surface area contributed by atoms with Crippen LogP contribution in [-0.2, 0) is 6.42 Å². The first-order valence-corrected chi connectivity index (χ1v) is 13.6. The van der Waals surface area contributed by atoms with Crippen molar-refractivity contribution in [1.29, 1.82) is 0 Å². The molecule has 0 bridgehead atoms. The number of thioether (sulfide) groups is 1. The van der Waals surface area contributed by atoms with Gasteiger partial charge in [0, 0.05) is 10.5 Å². The van der Waals surface area contributed by atoms with Crippen molar-refractivity contribution in [3.8, 4) is 5.75 Å². The Balaban J connectivity index is 1.59. The Hall–Kier alpha value is -3.35. The van der Waals surface area contributed by atoms with Gasteiger partial charge in [0.25, 0.3) is 5.56 Å². The van der Waals surface area contributed by atoms with Gasteiger partial charge in [0.2, 0.25) is 0 Å². The Bertz CT molecular complexity index is 1650. The Morgan fingerprint density at radius 3 is 2.69 bits per heavy atom. The molecule has 4 aromatic rings. The SMILES string of the molecule is COc1cccc([C@H]2C3=C(N=c4s/c(=C/c5ccc(SC)cc5)c(=O)n42)c2ccccc2CC3)c1. The first kappa shape index (κ1) is 22.1. The maximum atomic E-state index is 13.8. The number of methoxy groups -OCH3 is 1. The van der Waals surface area contributed by atoms with Crippen LogP contribution in [0.25, 0.3) is 11.8 Å². The monoisotopic (exact) mass is 496 g/mol. The average molecular weight is 497 g/mol. The number of nitrogens with zero attached hydrogens (tertiary/aromatic N) is 2. The molecule has 0 fully saturated rings. The summed E-state index contributed by atoms with van der Waals surface area (Å²) in [6, 6.07) is 24.6. The van der Waals surface area contributed by atoms with E-state index in [1.807, 2.05) is 28.8 Å². The van der Waals surface area contributed by atoms with Gasteiger partial charge in [-0.25, -0.2) is 4.99 Å². The average Bonchev–Trinajstić information content (AvgIpc) is 3.22. The van der Waals surface area contributed by atoms with E-state index in [9.17, 15) is 4.79 Å². The number of rotatable bonds is 4. The van der Waals surface area contributed by atoms with Crippen LogP contribution in [-0.4, -0.2) is 17.9 Å². The Labute approximate surface area is 211 Å². The van der Waals surface area contributed by atoms with Gasteiger partial charge in [-0.15, -0.1) is 11.8 Å². The molecule has 1 atom stereocenters. The predicted molar refractivity (Wildman–Crippen MR) is 144 cm³/mol. The fourth-order valence-corrected chi connectivity index (χ4v) is 6.39. The zero-order valence-corrected chi connectivity index (χ0v) is 21.2. The number of thiazole rings is 1. The second-order valence-electron chi connectivity index (χ2n) is 8.66. The molecule has 0 spiro atoms. The molecule has 1 aliphatic heterocycles. The van der Waals surface area contributed by atoms with E-state index in [4.69, 9.17) is 9.73 Å². The lowest BCUT2D eigenvalue weighted by molar-refractivity contribution is 0.413. The third-order valence-corrected chi connectivity index (χ3v) is 8.42. The maximum Gasteiger partial charge on any atom is 0.271 e. The molecule has 0 N–H and O–H groups in total. The van der Waals surface area contributed by atoms with Gasteiger partial charge in [0.1, 0.15) is 5.75 Å². The quantitative estimate of drug-likeness (QED) is 0.372. The van der Waals surface area contributed by atoms with E-state index in [0.29, 0.717) is 4.53 Å². The van der Waals surface area contributed by atoms with Crippen molar-refractivity contribution in [2.45, 2.75) is 23.8 Å². The van der Waals surface area contributed by atoms with Crippen molar-refractivity contribution in [1.82, 2.24) is 4.57 Å². The molecule has 174 valence electrons.